The first kappa shape index (κ1) is 15.1. The van der Waals surface area contributed by atoms with E-state index in [0.717, 1.165) is 11.3 Å². The number of carbonyl (C=O) groups is 1. The zero-order valence-corrected chi connectivity index (χ0v) is 13.8. The summed E-state index contributed by atoms with van der Waals surface area (Å²) >= 11 is 0. The number of nitrogens with zero attached hydrogens (tertiary/aromatic N) is 4. The van der Waals surface area contributed by atoms with Gasteiger partial charge in [-0.3, -0.25) is 14.7 Å². The van der Waals surface area contributed by atoms with Crippen molar-refractivity contribution in [1.82, 2.24) is 24.0 Å². The number of pyridine rings is 1. The van der Waals surface area contributed by atoms with Gasteiger partial charge in [0.2, 0.25) is 0 Å². The summed E-state index contributed by atoms with van der Waals surface area (Å²) in [6.07, 6.45) is 5.77. The van der Waals surface area contributed by atoms with Crippen LogP contribution in [-0.2, 0) is 6.42 Å². The first-order valence-corrected chi connectivity index (χ1v) is 7.91. The number of nitrogens with one attached hydrogen (secondary N) is 2. The van der Waals surface area contributed by atoms with Crippen LogP contribution in [0, 0.1) is 6.92 Å². The van der Waals surface area contributed by atoms with Gasteiger partial charge in [0.25, 0.3) is 11.5 Å². The van der Waals surface area contributed by atoms with Crippen LogP contribution in [0.1, 0.15) is 28.7 Å². The Kier molecular flexibility index (Phi) is 3.38. The standard InChI is InChI=1S/C17H16N6O2/c1-3-13-12(7-18-15-6-16(24)21-23(13)15)17(25)20-11-4-5-14-19-10(2)8-22(14)9-11/h4-9H,3H2,1-2H3,(H,20,25)(H,21,24). The second-order valence-electron chi connectivity index (χ2n) is 5.81. The molecule has 4 aromatic heterocycles. The fraction of sp³-hybridized carbons (Fsp3) is 0.176. The van der Waals surface area contributed by atoms with Gasteiger partial charge in [-0.1, -0.05) is 6.92 Å². The highest BCUT2D eigenvalue weighted by molar-refractivity contribution is 6.05. The predicted molar refractivity (Wildman–Crippen MR) is 93.1 cm³/mol. The summed E-state index contributed by atoms with van der Waals surface area (Å²) < 4.78 is 3.41. The summed E-state index contributed by atoms with van der Waals surface area (Å²) in [6.45, 7) is 3.84. The van der Waals surface area contributed by atoms with Gasteiger partial charge in [-0.05, 0) is 25.5 Å². The average molecular weight is 336 g/mol. The highest BCUT2D eigenvalue weighted by Crippen LogP contribution is 2.15. The number of amides is 1. The van der Waals surface area contributed by atoms with Crippen LogP contribution >= 0.6 is 0 Å². The number of aromatic amines is 1. The fourth-order valence-corrected chi connectivity index (χ4v) is 2.94. The number of fused-ring (bicyclic) bond motifs is 2. The van der Waals surface area contributed by atoms with E-state index in [-0.39, 0.29) is 11.5 Å². The second-order valence-corrected chi connectivity index (χ2v) is 5.81. The number of rotatable bonds is 3. The van der Waals surface area contributed by atoms with E-state index >= 15 is 0 Å². The molecule has 0 fully saturated rings. The Morgan fingerprint density at radius 1 is 1.28 bits per heavy atom. The van der Waals surface area contributed by atoms with Crippen molar-refractivity contribution >= 4 is 22.9 Å². The van der Waals surface area contributed by atoms with Crippen molar-refractivity contribution in [3.8, 4) is 0 Å². The van der Waals surface area contributed by atoms with Crippen molar-refractivity contribution in [3.05, 3.63) is 64.1 Å². The molecule has 1 amide bonds. The summed E-state index contributed by atoms with van der Waals surface area (Å²) in [7, 11) is 0. The third-order valence-corrected chi connectivity index (χ3v) is 4.03. The van der Waals surface area contributed by atoms with Gasteiger partial charge < -0.3 is 9.72 Å². The number of imidazole rings is 1. The molecule has 0 atom stereocenters. The molecule has 4 aromatic rings. The maximum atomic E-state index is 12.7. The molecule has 0 unspecified atom stereocenters. The van der Waals surface area contributed by atoms with E-state index in [2.05, 4.69) is 20.4 Å². The van der Waals surface area contributed by atoms with Gasteiger partial charge in [0, 0.05) is 24.7 Å². The Hall–Kier alpha value is -3.42. The molecule has 8 heteroatoms. The maximum absolute atomic E-state index is 12.7. The molecule has 4 rings (SSSR count). The second kappa shape index (κ2) is 5.59. The van der Waals surface area contributed by atoms with Crippen molar-refractivity contribution in [2.45, 2.75) is 20.3 Å². The van der Waals surface area contributed by atoms with Crippen molar-refractivity contribution in [3.63, 3.8) is 0 Å². The molecule has 126 valence electrons. The number of hydrogen-bond acceptors (Lipinski definition) is 4. The molecule has 2 N–H and O–H groups in total. The zero-order valence-electron chi connectivity index (χ0n) is 13.8. The lowest BCUT2D eigenvalue weighted by atomic mass is 10.1. The quantitative estimate of drug-likeness (QED) is 0.596. The summed E-state index contributed by atoms with van der Waals surface area (Å²) in [5.41, 5.74) is 3.74. The molecule has 25 heavy (non-hydrogen) atoms. The van der Waals surface area contributed by atoms with Crippen molar-refractivity contribution in [2.24, 2.45) is 0 Å². The first-order chi connectivity index (χ1) is 12.0. The number of hydrogen-bond donors (Lipinski definition) is 2. The normalized spacial score (nSPS) is 11.3. The third kappa shape index (κ3) is 2.57. The molecular formula is C17H16N6O2. The first-order valence-electron chi connectivity index (χ1n) is 7.91. The highest BCUT2D eigenvalue weighted by Gasteiger charge is 2.16. The van der Waals surface area contributed by atoms with Gasteiger partial charge in [-0.15, -0.1) is 0 Å². The van der Waals surface area contributed by atoms with Crippen LogP contribution in [0.4, 0.5) is 5.69 Å². The maximum Gasteiger partial charge on any atom is 0.266 e. The molecule has 4 heterocycles. The minimum atomic E-state index is -0.281. The monoisotopic (exact) mass is 336 g/mol. The van der Waals surface area contributed by atoms with Crippen LogP contribution in [0.5, 0.6) is 0 Å². The molecule has 0 saturated heterocycles. The van der Waals surface area contributed by atoms with Crippen molar-refractivity contribution in [2.75, 3.05) is 5.32 Å². The summed E-state index contributed by atoms with van der Waals surface area (Å²) in [6, 6.07) is 5.04. The lowest BCUT2D eigenvalue weighted by molar-refractivity contribution is 0.102. The Morgan fingerprint density at radius 3 is 2.92 bits per heavy atom. The van der Waals surface area contributed by atoms with E-state index in [1.54, 1.807) is 10.6 Å². The SMILES string of the molecule is CCc1c(C(=O)Nc2ccc3nc(C)cn3c2)cnc2cc(=O)[nH]n12. The number of carbonyl (C=O) groups excluding carboxylic acids is 1. The lowest BCUT2D eigenvalue weighted by Gasteiger charge is -2.10. The highest BCUT2D eigenvalue weighted by atomic mass is 16.1. The van der Waals surface area contributed by atoms with E-state index in [4.69, 9.17) is 0 Å². The number of aryl methyl sites for hydroxylation is 2. The fourth-order valence-electron chi connectivity index (χ4n) is 2.94. The van der Waals surface area contributed by atoms with Crippen LogP contribution in [0.15, 0.2) is 41.6 Å². The Balaban J connectivity index is 1.72. The minimum absolute atomic E-state index is 0.249. The van der Waals surface area contributed by atoms with E-state index < -0.39 is 0 Å². The molecule has 0 aliphatic rings. The van der Waals surface area contributed by atoms with Crippen LogP contribution in [-0.4, -0.2) is 29.9 Å². The van der Waals surface area contributed by atoms with E-state index in [0.29, 0.717) is 29.0 Å². The van der Waals surface area contributed by atoms with E-state index in [9.17, 15) is 9.59 Å². The third-order valence-electron chi connectivity index (χ3n) is 4.03. The molecule has 0 aliphatic heterocycles. The molecule has 0 radical (unpaired) electrons. The van der Waals surface area contributed by atoms with Crippen molar-refractivity contribution < 1.29 is 4.79 Å². The minimum Gasteiger partial charge on any atom is -0.321 e. The van der Waals surface area contributed by atoms with Crippen molar-refractivity contribution in [1.29, 1.82) is 0 Å². The molecule has 0 aromatic carbocycles. The van der Waals surface area contributed by atoms with Gasteiger partial charge in [0.1, 0.15) is 5.65 Å². The van der Waals surface area contributed by atoms with Gasteiger partial charge in [0.15, 0.2) is 5.65 Å². The predicted octanol–water partition coefficient (Wildman–Crippen LogP) is 1.79. The average Bonchev–Trinajstić information content (AvgIpc) is 3.13. The number of anilines is 1. The number of aromatic nitrogens is 5. The molecule has 8 nitrogen and oxygen atoms in total. The molecule has 0 saturated carbocycles. The summed E-state index contributed by atoms with van der Waals surface area (Å²) in [4.78, 5) is 32.8. The van der Waals surface area contributed by atoms with E-state index in [1.807, 2.05) is 36.7 Å². The molecule has 0 spiro atoms. The Bertz CT molecular complexity index is 1170. The van der Waals surface area contributed by atoms with Crippen LogP contribution in [0.25, 0.3) is 11.3 Å². The van der Waals surface area contributed by atoms with Gasteiger partial charge in [0.05, 0.1) is 22.6 Å². The molecule has 0 bridgehead atoms. The van der Waals surface area contributed by atoms with Gasteiger partial charge in [-0.2, -0.15) is 0 Å². The summed E-state index contributed by atoms with van der Waals surface area (Å²) in [5.74, 6) is -0.281. The summed E-state index contributed by atoms with van der Waals surface area (Å²) in [5, 5.41) is 5.54. The van der Waals surface area contributed by atoms with Crippen LogP contribution in [0.2, 0.25) is 0 Å². The topological polar surface area (TPSA) is 96.6 Å². The smallest absolute Gasteiger partial charge is 0.266 e. The Labute approximate surface area is 142 Å². The van der Waals surface area contributed by atoms with Gasteiger partial charge in [-0.25, -0.2) is 14.5 Å². The zero-order chi connectivity index (χ0) is 17.6. The van der Waals surface area contributed by atoms with E-state index in [1.165, 1.54) is 12.3 Å². The Morgan fingerprint density at radius 2 is 2.12 bits per heavy atom. The van der Waals surface area contributed by atoms with Crippen LogP contribution in [0.3, 0.4) is 0 Å². The lowest BCUT2D eigenvalue weighted by Crippen LogP contribution is -2.18. The largest absolute Gasteiger partial charge is 0.321 e. The number of H-pyrrole nitrogens is 1. The molecular weight excluding hydrogens is 320 g/mol. The molecule has 0 aliphatic carbocycles. The van der Waals surface area contributed by atoms with Crippen LogP contribution < -0.4 is 10.9 Å². The van der Waals surface area contributed by atoms with Gasteiger partial charge >= 0.3 is 0 Å².